The van der Waals surface area contributed by atoms with Gasteiger partial charge in [-0.25, -0.2) is 0 Å². The average Bonchev–Trinajstić information content (AvgIpc) is 3.13. The highest BCUT2D eigenvalue weighted by atomic mass is 16.3. The summed E-state index contributed by atoms with van der Waals surface area (Å²) >= 11 is 0. The number of rotatable bonds is 3. The quantitative estimate of drug-likeness (QED) is 0.898. The number of aryl methyl sites for hydroxylation is 1. The Hall–Kier alpha value is -2.60. The largest absolute Gasteiger partial charge is 0.459 e. The molecular weight excluding hydrogens is 320 g/mol. The summed E-state index contributed by atoms with van der Waals surface area (Å²) in [5.41, 5.74) is 1.91. The maximum absolute atomic E-state index is 12.7. The van der Waals surface area contributed by atoms with Crippen LogP contribution in [-0.2, 0) is 0 Å². The van der Waals surface area contributed by atoms with Crippen LogP contribution in [0.4, 0.5) is 5.69 Å². The number of anilines is 1. The zero-order valence-corrected chi connectivity index (χ0v) is 14.4. The van der Waals surface area contributed by atoms with Crippen molar-refractivity contribution in [1.29, 1.82) is 0 Å². The van der Waals surface area contributed by atoms with Crippen LogP contribution in [-0.4, -0.2) is 41.0 Å². The maximum Gasteiger partial charge on any atom is 0.291 e. The van der Waals surface area contributed by atoms with Gasteiger partial charge in [0.1, 0.15) is 0 Å². The lowest BCUT2D eigenvalue weighted by molar-refractivity contribution is 0.0248. The van der Waals surface area contributed by atoms with E-state index in [1.807, 2.05) is 13.8 Å². The third-order valence-electron chi connectivity index (χ3n) is 4.68. The number of β-amino-alcohol motifs (C(OH)–C–C–N with tert-alkyl or cyclic N) is 1. The number of piperidine rings is 1. The number of nitrogens with zero attached hydrogens (tertiary/aromatic N) is 1. The first kappa shape index (κ1) is 17.2. The summed E-state index contributed by atoms with van der Waals surface area (Å²) in [6.07, 6.45) is 1.71. The van der Waals surface area contributed by atoms with Crippen LogP contribution in [0.3, 0.4) is 0 Å². The van der Waals surface area contributed by atoms with Gasteiger partial charge in [0.15, 0.2) is 5.76 Å². The minimum atomic E-state index is -0.499. The van der Waals surface area contributed by atoms with Gasteiger partial charge in [0.2, 0.25) is 0 Å². The Labute approximate surface area is 146 Å². The van der Waals surface area contributed by atoms with Crippen molar-refractivity contribution < 1.29 is 19.1 Å². The van der Waals surface area contributed by atoms with Crippen molar-refractivity contribution >= 4 is 17.5 Å². The highest BCUT2D eigenvalue weighted by Crippen LogP contribution is 2.22. The van der Waals surface area contributed by atoms with E-state index in [2.05, 4.69) is 5.32 Å². The van der Waals surface area contributed by atoms with Gasteiger partial charge >= 0.3 is 0 Å². The average molecular weight is 342 g/mol. The standard InChI is InChI=1S/C19H22N2O4/c1-12-5-6-14(19(24)21-8-7-13(2)16(22)11-21)10-15(12)20-18(23)17-4-3-9-25-17/h3-6,9-10,13,16,22H,7-8,11H2,1-2H3,(H,20,23). The molecule has 25 heavy (non-hydrogen) atoms. The predicted octanol–water partition coefficient (Wildman–Crippen LogP) is 2.68. The van der Waals surface area contributed by atoms with Gasteiger partial charge in [-0.2, -0.15) is 0 Å². The molecular formula is C19H22N2O4. The SMILES string of the molecule is Cc1ccc(C(=O)N2CCC(C)C(O)C2)cc1NC(=O)c1ccco1. The number of aliphatic hydroxyl groups excluding tert-OH is 1. The van der Waals surface area contributed by atoms with E-state index in [1.54, 1.807) is 35.2 Å². The molecule has 1 saturated heterocycles. The fraction of sp³-hybridized carbons (Fsp3) is 0.368. The van der Waals surface area contributed by atoms with E-state index in [9.17, 15) is 14.7 Å². The van der Waals surface area contributed by atoms with Crippen molar-refractivity contribution in [2.45, 2.75) is 26.4 Å². The highest BCUT2D eigenvalue weighted by Gasteiger charge is 2.28. The molecule has 2 heterocycles. The van der Waals surface area contributed by atoms with Gasteiger partial charge < -0.3 is 19.7 Å². The molecule has 2 unspecified atom stereocenters. The summed E-state index contributed by atoms with van der Waals surface area (Å²) in [6, 6.07) is 8.43. The number of benzene rings is 1. The number of hydrogen-bond acceptors (Lipinski definition) is 4. The van der Waals surface area contributed by atoms with Crippen molar-refractivity contribution in [2.24, 2.45) is 5.92 Å². The van der Waals surface area contributed by atoms with Gasteiger partial charge in [-0.1, -0.05) is 13.0 Å². The second-order valence-corrected chi connectivity index (χ2v) is 6.55. The number of amides is 2. The number of furan rings is 1. The van der Waals surface area contributed by atoms with Crippen LogP contribution in [0, 0.1) is 12.8 Å². The van der Waals surface area contributed by atoms with Crippen LogP contribution in [0.5, 0.6) is 0 Å². The molecule has 3 rings (SSSR count). The lowest BCUT2D eigenvalue weighted by Gasteiger charge is -2.34. The molecule has 0 spiro atoms. The van der Waals surface area contributed by atoms with E-state index < -0.39 is 6.10 Å². The highest BCUT2D eigenvalue weighted by molar-refractivity contribution is 6.03. The van der Waals surface area contributed by atoms with Crippen LogP contribution in [0.25, 0.3) is 0 Å². The summed E-state index contributed by atoms with van der Waals surface area (Å²) in [6.45, 7) is 4.81. The molecule has 1 aromatic heterocycles. The molecule has 0 radical (unpaired) electrons. The summed E-state index contributed by atoms with van der Waals surface area (Å²) in [7, 11) is 0. The molecule has 132 valence electrons. The summed E-state index contributed by atoms with van der Waals surface area (Å²) in [5.74, 6) is -0.0890. The zero-order chi connectivity index (χ0) is 18.0. The topological polar surface area (TPSA) is 82.8 Å². The third-order valence-corrected chi connectivity index (χ3v) is 4.68. The molecule has 1 fully saturated rings. The molecule has 1 aliphatic heterocycles. The van der Waals surface area contributed by atoms with E-state index in [0.29, 0.717) is 24.3 Å². The van der Waals surface area contributed by atoms with E-state index in [0.717, 1.165) is 12.0 Å². The Morgan fingerprint density at radius 3 is 2.80 bits per heavy atom. The van der Waals surface area contributed by atoms with Gasteiger partial charge in [0.05, 0.1) is 12.4 Å². The van der Waals surface area contributed by atoms with Gasteiger partial charge in [-0.05, 0) is 49.1 Å². The monoisotopic (exact) mass is 342 g/mol. The second kappa shape index (κ2) is 7.11. The number of carbonyl (C=O) groups is 2. The number of hydrogen-bond donors (Lipinski definition) is 2. The van der Waals surface area contributed by atoms with Gasteiger partial charge in [0.25, 0.3) is 11.8 Å². The van der Waals surface area contributed by atoms with Crippen LogP contribution in [0.2, 0.25) is 0 Å². The fourth-order valence-corrected chi connectivity index (χ4v) is 2.90. The molecule has 6 nitrogen and oxygen atoms in total. The number of likely N-dealkylation sites (tertiary alicyclic amines) is 1. The number of nitrogens with one attached hydrogen (secondary N) is 1. The first-order valence-corrected chi connectivity index (χ1v) is 8.38. The zero-order valence-electron chi connectivity index (χ0n) is 14.4. The summed E-state index contributed by atoms with van der Waals surface area (Å²) < 4.78 is 5.09. The molecule has 2 amide bonds. The van der Waals surface area contributed by atoms with Crippen LogP contribution < -0.4 is 5.32 Å². The third kappa shape index (κ3) is 3.74. The minimum Gasteiger partial charge on any atom is -0.459 e. The second-order valence-electron chi connectivity index (χ2n) is 6.55. The maximum atomic E-state index is 12.7. The van der Waals surface area contributed by atoms with E-state index in [4.69, 9.17) is 4.42 Å². The Kier molecular flexibility index (Phi) is 4.90. The Morgan fingerprint density at radius 2 is 2.12 bits per heavy atom. The van der Waals surface area contributed by atoms with Crippen molar-refractivity contribution in [3.8, 4) is 0 Å². The van der Waals surface area contributed by atoms with Crippen LogP contribution in [0.1, 0.15) is 39.8 Å². The Morgan fingerprint density at radius 1 is 1.32 bits per heavy atom. The van der Waals surface area contributed by atoms with Gasteiger partial charge in [0, 0.05) is 24.3 Å². The molecule has 0 saturated carbocycles. The van der Waals surface area contributed by atoms with Crippen molar-refractivity contribution in [1.82, 2.24) is 4.90 Å². The van der Waals surface area contributed by atoms with E-state index >= 15 is 0 Å². The molecule has 0 aliphatic carbocycles. The van der Waals surface area contributed by atoms with Gasteiger partial charge in [-0.15, -0.1) is 0 Å². The first-order valence-electron chi connectivity index (χ1n) is 8.38. The number of carbonyl (C=O) groups excluding carboxylic acids is 2. The molecule has 2 atom stereocenters. The smallest absolute Gasteiger partial charge is 0.291 e. The van der Waals surface area contributed by atoms with Crippen molar-refractivity contribution in [3.05, 3.63) is 53.5 Å². The van der Waals surface area contributed by atoms with Crippen LogP contribution >= 0.6 is 0 Å². The van der Waals surface area contributed by atoms with Gasteiger partial charge in [-0.3, -0.25) is 9.59 Å². The predicted molar refractivity (Wildman–Crippen MR) is 93.5 cm³/mol. The molecule has 1 aliphatic rings. The normalized spacial score (nSPS) is 20.4. The fourth-order valence-electron chi connectivity index (χ4n) is 2.90. The van der Waals surface area contributed by atoms with Crippen molar-refractivity contribution in [2.75, 3.05) is 18.4 Å². The van der Waals surface area contributed by atoms with Crippen molar-refractivity contribution in [3.63, 3.8) is 0 Å². The molecule has 2 N–H and O–H groups in total. The first-order chi connectivity index (χ1) is 12.0. The minimum absolute atomic E-state index is 0.139. The van der Waals surface area contributed by atoms with E-state index in [-0.39, 0.29) is 23.5 Å². The summed E-state index contributed by atoms with van der Waals surface area (Å²) in [4.78, 5) is 26.5. The molecule has 0 bridgehead atoms. The summed E-state index contributed by atoms with van der Waals surface area (Å²) in [5, 5.41) is 12.8. The van der Waals surface area contributed by atoms with Crippen LogP contribution in [0.15, 0.2) is 41.0 Å². The lowest BCUT2D eigenvalue weighted by Crippen LogP contribution is -2.45. The van der Waals surface area contributed by atoms with E-state index in [1.165, 1.54) is 6.26 Å². The molecule has 2 aromatic rings. The Bertz CT molecular complexity index is 770. The number of aliphatic hydroxyl groups is 1. The lowest BCUT2D eigenvalue weighted by atomic mass is 9.95. The molecule has 1 aromatic carbocycles. The Balaban J connectivity index is 1.77. The molecule has 6 heteroatoms.